The van der Waals surface area contributed by atoms with Crippen LogP contribution in [0.1, 0.15) is 8.35 Å². The third kappa shape index (κ3) is 5.51. The predicted octanol–water partition coefficient (Wildman–Crippen LogP) is -2.86. The molecule has 50 valence electrons. The van der Waals surface area contributed by atoms with E-state index in [-0.39, 0.29) is 58.9 Å². The molecule has 0 radical (unpaired) electrons. The van der Waals surface area contributed by atoms with E-state index in [1.807, 2.05) is 0 Å². The van der Waals surface area contributed by atoms with Gasteiger partial charge in [0.1, 0.15) is 6.04 Å². The fraction of sp³-hybridized carbons (Fsp3) is 0.800. The average molecular weight is 157 g/mol. The van der Waals surface area contributed by atoms with Gasteiger partial charge in [-0.15, -0.1) is 0 Å². The third-order valence-electron chi connectivity index (χ3n) is 1.13. The zero-order chi connectivity index (χ0) is 6.73. The molecule has 0 heterocycles. The van der Waals surface area contributed by atoms with Gasteiger partial charge in [0.2, 0.25) is 0 Å². The van der Waals surface area contributed by atoms with Crippen LogP contribution in [0.4, 0.5) is 0 Å². The summed E-state index contributed by atoms with van der Waals surface area (Å²) in [5.74, 6) is -0.782. The summed E-state index contributed by atoms with van der Waals surface area (Å²) in [4.78, 5) is 11.7. The van der Waals surface area contributed by atoms with E-state index >= 15 is 0 Å². The van der Waals surface area contributed by atoms with Crippen LogP contribution in [0.5, 0.6) is 0 Å². The van der Waals surface area contributed by atoms with Gasteiger partial charge in [0.15, 0.2) is 0 Å². The van der Waals surface area contributed by atoms with Gasteiger partial charge in [-0.25, -0.2) is 0 Å². The molecule has 0 rings (SSSR count). The van der Waals surface area contributed by atoms with Crippen LogP contribution in [0.15, 0.2) is 0 Å². The van der Waals surface area contributed by atoms with E-state index in [1.54, 1.807) is 25.9 Å². The maximum absolute atomic E-state index is 10.1. The van der Waals surface area contributed by atoms with Crippen molar-refractivity contribution in [2.75, 3.05) is 14.1 Å². The van der Waals surface area contributed by atoms with E-state index in [4.69, 9.17) is 5.11 Å². The zero-order valence-electron chi connectivity index (χ0n) is 7.38. The molecule has 1 atom stereocenters. The summed E-state index contributed by atoms with van der Waals surface area (Å²) in [6.07, 6.45) is 0. The molecule has 0 spiro atoms. The SMILES string of the molecule is CC(C(=O)O)N(C)C.[H-].[K+]. The predicted molar refractivity (Wildman–Crippen MR) is 31.9 cm³/mol. The van der Waals surface area contributed by atoms with Crippen LogP contribution in [-0.4, -0.2) is 36.1 Å². The molecule has 0 aromatic heterocycles. The fourth-order valence-electron chi connectivity index (χ4n) is 0.221. The molecule has 0 fully saturated rings. The average Bonchev–Trinajstić information content (AvgIpc) is 1.64. The van der Waals surface area contributed by atoms with Gasteiger partial charge >= 0.3 is 57.4 Å². The zero-order valence-corrected chi connectivity index (χ0v) is 9.50. The van der Waals surface area contributed by atoms with E-state index in [9.17, 15) is 4.79 Å². The van der Waals surface area contributed by atoms with E-state index in [1.165, 1.54) is 0 Å². The third-order valence-corrected chi connectivity index (χ3v) is 1.13. The van der Waals surface area contributed by atoms with Gasteiger partial charge in [0.05, 0.1) is 0 Å². The summed E-state index contributed by atoms with van der Waals surface area (Å²) < 4.78 is 0. The Morgan fingerprint density at radius 2 is 2.00 bits per heavy atom. The molecule has 0 aromatic carbocycles. The van der Waals surface area contributed by atoms with Crippen molar-refractivity contribution in [1.29, 1.82) is 0 Å². The number of carbonyl (C=O) groups is 1. The molecule has 0 saturated heterocycles. The molecule has 0 bridgehead atoms. The van der Waals surface area contributed by atoms with Gasteiger partial charge in [-0.05, 0) is 21.0 Å². The van der Waals surface area contributed by atoms with Crippen molar-refractivity contribution >= 4 is 5.97 Å². The summed E-state index contributed by atoms with van der Waals surface area (Å²) in [7, 11) is 3.47. The number of rotatable bonds is 2. The molecule has 4 heteroatoms. The van der Waals surface area contributed by atoms with Crippen molar-refractivity contribution < 1.29 is 62.7 Å². The number of nitrogens with zero attached hydrogens (tertiary/aromatic N) is 1. The smallest absolute Gasteiger partial charge is 1.00 e. The molecule has 0 aliphatic heterocycles. The number of likely N-dealkylation sites (N-methyl/N-ethyl adjacent to an activating group) is 1. The van der Waals surface area contributed by atoms with Gasteiger partial charge in [0.25, 0.3) is 0 Å². The second-order valence-corrected chi connectivity index (χ2v) is 1.98. The van der Waals surface area contributed by atoms with Crippen LogP contribution < -0.4 is 51.4 Å². The van der Waals surface area contributed by atoms with Crippen LogP contribution in [-0.2, 0) is 4.79 Å². The van der Waals surface area contributed by atoms with Crippen molar-refractivity contribution in [3.05, 3.63) is 0 Å². The Morgan fingerprint density at radius 1 is 1.67 bits per heavy atom. The number of carboxylic acids is 1. The van der Waals surface area contributed by atoms with E-state index < -0.39 is 5.97 Å². The Morgan fingerprint density at radius 3 is 2.00 bits per heavy atom. The Bertz CT molecular complexity index is 99.6. The summed E-state index contributed by atoms with van der Waals surface area (Å²) in [5, 5.41) is 8.31. The van der Waals surface area contributed by atoms with Gasteiger partial charge < -0.3 is 6.53 Å². The summed E-state index contributed by atoms with van der Waals surface area (Å²) >= 11 is 0. The molecule has 1 N–H and O–H groups in total. The molecule has 0 amide bonds. The molecule has 3 nitrogen and oxygen atoms in total. The second-order valence-electron chi connectivity index (χ2n) is 1.98. The van der Waals surface area contributed by atoms with Crippen molar-refractivity contribution in [2.45, 2.75) is 13.0 Å². The van der Waals surface area contributed by atoms with Crippen molar-refractivity contribution in [2.24, 2.45) is 0 Å². The molecule has 0 aliphatic rings. The van der Waals surface area contributed by atoms with Crippen LogP contribution in [0, 0.1) is 0 Å². The number of hydrogen-bond donors (Lipinski definition) is 1. The van der Waals surface area contributed by atoms with Crippen LogP contribution >= 0.6 is 0 Å². The van der Waals surface area contributed by atoms with Crippen molar-refractivity contribution in [3.8, 4) is 0 Å². The fourth-order valence-corrected chi connectivity index (χ4v) is 0.221. The standard InChI is InChI=1S/C5H11NO2.K.H/c1-4(5(7)8)6(2)3;;/h4H,1-3H3,(H,7,8);;/q;+1;-1. The molecular weight excluding hydrogens is 145 g/mol. The molecule has 0 saturated carbocycles. The first-order valence-corrected chi connectivity index (χ1v) is 2.45. The van der Waals surface area contributed by atoms with Gasteiger partial charge in [-0.1, -0.05) is 0 Å². The first kappa shape index (κ1) is 12.7. The Kier molecular flexibility index (Phi) is 8.23. The first-order valence-electron chi connectivity index (χ1n) is 2.45. The number of aliphatic carboxylic acids is 1. The number of hydrogen-bond acceptors (Lipinski definition) is 2. The molecule has 1 unspecified atom stereocenters. The Hall–Kier alpha value is 1.07. The monoisotopic (exact) mass is 157 g/mol. The van der Waals surface area contributed by atoms with Crippen LogP contribution in [0.25, 0.3) is 0 Å². The minimum atomic E-state index is -0.782. The topological polar surface area (TPSA) is 40.5 Å². The normalized spacial score (nSPS) is 12.4. The van der Waals surface area contributed by atoms with Crippen molar-refractivity contribution in [1.82, 2.24) is 4.90 Å². The Labute approximate surface area is 99.3 Å². The van der Waals surface area contributed by atoms with E-state index in [0.717, 1.165) is 0 Å². The second kappa shape index (κ2) is 5.82. The van der Waals surface area contributed by atoms with Crippen LogP contribution in [0.2, 0.25) is 0 Å². The molecular formula is C5H12KNO2. The van der Waals surface area contributed by atoms with Gasteiger partial charge in [0, 0.05) is 0 Å². The quantitative estimate of drug-likeness (QED) is 0.438. The van der Waals surface area contributed by atoms with Gasteiger partial charge in [-0.3, -0.25) is 9.69 Å². The van der Waals surface area contributed by atoms with Crippen molar-refractivity contribution in [3.63, 3.8) is 0 Å². The van der Waals surface area contributed by atoms with E-state index in [2.05, 4.69) is 0 Å². The first-order chi connectivity index (χ1) is 3.55. The maximum Gasteiger partial charge on any atom is 1.00 e. The largest absolute Gasteiger partial charge is 1.00 e. The Balaban J connectivity index is -0.000000245. The van der Waals surface area contributed by atoms with Gasteiger partial charge in [-0.2, -0.15) is 0 Å². The summed E-state index contributed by atoms with van der Waals surface area (Å²) in [5.41, 5.74) is 0. The molecule has 0 aromatic rings. The molecule has 9 heavy (non-hydrogen) atoms. The summed E-state index contributed by atoms with van der Waals surface area (Å²) in [6, 6.07) is -0.380. The van der Waals surface area contributed by atoms with E-state index in [0.29, 0.717) is 0 Å². The number of carboxylic acid groups (broad SMARTS) is 1. The minimum absolute atomic E-state index is 0. The minimum Gasteiger partial charge on any atom is -1.00 e. The van der Waals surface area contributed by atoms with Crippen LogP contribution in [0.3, 0.4) is 0 Å². The molecule has 0 aliphatic carbocycles. The maximum atomic E-state index is 10.1. The summed E-state index contributed by atoms with van der Waals surface area (Å²) in [6.45, 7) is 1.64.